The maximum Gasteiger partial charge on any atom is 0.350 e. The van der Waals surface area contributed by atoms with Crippen LogP contribution < -0.4 is 5.73 Å². The van der Waals surface area contributed by atoms with Crippen LogP contribution in [0.4, 0.5) is 10.1 Å². The molecule has 6 heteroatoms. The topological polar surface area (TPSA) is 52.3 Å². The van der Waals surface area contributed by atoms with Crippen LogP contribution in [0.2, 0.25) is 5.02 Å². The van der Waals surface area contributed by atoms with Gasteiger partial charge in [-0.05, 0) is 18.1 Å². The van der Waals surface area contributed by atoms with E-state index in [1.54, 1.807) is 12.1 Å². The molecule has 2 N–H and O–H groups in total. The molecule has 2 aromatic rings. The molecule has 0 fully saturated rings. The van der Waals surface area contributed by atoms with Crippen molar-refractivity contribution >= 4 is 34.6 Å². The number of benzene rings is 1. The predicted molar refractivity (Wildman–Crippen MR) is 79.9 cm³/mol. The lowest BCUT2D eigenvalue weighted by Crippen LogP contribution is -2.02. The molecule has 1 heterocycles. The first-order valence-electron chi connectivity index (χ1n) is 5.95. The molecule has 0 amide bonds. The molecule has 0 unspecified atom stereocenters. The Labute approximate surface area is 125 Å². The number of nitrogens with two attached hydrogens (primary N) is 1. The summed E-state index contributed by atoms with van der Waals surface area (Å²) in [7, 11) is 1.28. The number of methoxy groups -OCH3 is 1. The number of carbonyl (C=O) groups is 1. The first-order chi connectivity index (χ1) is 9.51. The number of esters is 1. The van der Waals surface area contributed by atoms with E-state index in [9.17, 15) is 9.18 Å². The lowest BCUT2D eigenvalue weighted by molar-refractivity contribution is 0.0607. The van der Waals surface area contributed by atoms with Gasteiger partial charge in [0.25, 0.3) is 0 Å². The molecule has 0 saturated heterocycles. The number of thiophene rings is 1. The molecule has 0 radical (unpaired) electrons. The van der Waals surface area contributed by atoms with Crippen molar-refractivity contribution in [1.29, 1.82) is 0 Å². The second kappa shape index (κ2) is 5.81. The van der Waals surface area contributed by atoms with Gasteiger partial charge in [-0.15, -0.1) is 11.3 Å². The molecule has 106 valence electrons. The fraction of sp³-hybridized carbons (Fsp3) is 0.214. The maximum atomic E-state index is 14.1. The molecule has 0 spiro atoms. The van der Waals surface area contributed by atoms with Crippen molar-refractivity contribution in [1.82, 2.24) is 0 Å². The van der Waals surface area contributed by atoms with Crippen molar-refractivity contribution < 1.29 is 13.9 Å². The fourth-order valence-corrected chi connectivity index (χ4v) is 3.39. The number of ether oxygens (including phenoxy) is 1. The monoisotopic (exact) mass is 313 g/mol. The zero-order valence-corrected chi connectivity index (χ0v) is 12.6. The Morgan fingerprint density at radius 3 is 2.80 bits per heavy atom. The van der Waals surface area contributed by atoms with Gasteiger partial charge in [-0.1, -0.05) is 30.7 Å². The van der Waals surface area contributed by atoms with Crippen LogP contribution in [0.5, 0.6) is 0 Å². The largest absolute Gasteiger partial charge is 0.465 e. The molecule has 0 aliphatic heterocycles. The van der Waals surface area contributed by atoms with Gasteiger partial charge in [0.2, 0.25) is 0 Å². The van der Waals surface area contributed by atoms with Crippen molar-refractivity contribution in [2.24, 2.45) is 0 Å². The van der Waals surface area contributed by atoms with E-state index >= 15 is 0 Å². The van der Waals surface area contributed by atoms with Crippen LogP contribution in [0.25, 0.3) is 10.4 Å². The van der Waals surface area contributed by atoms with Crippen LogP contribution in [0.3, 0.4) is 0 Å². The third-order valence-electron chi connectivity index (χ3n) is 2.97. The highest BCUT2D eigenvalue weighted by atomic mass is 35.5. The van der Waals surface area contributed by atoms with Gasteiger partial charge in [-0.2, -0.15) is 0 Å². The van der Waals surface area contributed by atoms with E-state index in [-0.39, 0.29) is 5.02 Å². The normalized spacial score (nSPS) is 10.6. The molecule has 0 saturated carbocycles. The summed E-state index contributed by atoms with van der Waals surface area (Å²) in [5, 5.41) is 0.0381. The Morgan fingerprint density at radius 1 is 1.50 bits per heavy atom. The third kappa shape index (κ3) is 2.39. The summed E-state index contributed by atoms with van der Waals surface area (Å²) in [5.41, 5.74) is 7.40. The maximum absolute atomic E-state index is 14.1. The lowest BCUT2D eigenvalue weighted by atomic mass is 10.1. The first kappa shape index (κ1) is 14.8. The van der Waals surface area contributed by atoms with Gasteiger partial charge in [-0.3, -0.25) is 0 Å². The average molecular weight is 314 g/mol. The molecular formula is C14H13ClFNO2S. The molecule has 1 aromatic carbocycles. The Balaban J connectivity index is 2.68. The van der Waals surface area contributed by atoms with Crippen LogP contribution >= 0.6 is 22.9 Å². The van der Waals surface area contributed by atoms with E-state index in [0.29, 0.717) is 27.4 Å². The summed E-state index contributed by atoms with van der Waals surface area (Å²) in [6.07, 6.45) is 0.584. The summed E-state index contributed by atoms with van der Waals surface area (Å²) in [6.45, 7) is 1.89. The highest BCUT2D eigenvalue weighted by molar-refractivity contribution is 7.18. The van der Waals surface area contributed by atoms with Crippen molar-refractivity contribution in [3.05, 3.63) is 39.5 Å². The van der Waals surface area contributed by atoms with Crippen LogP contribution in [-0.2, 0) is 11.2 Å². The highest BCUT2D eigenvalue weighted by Gasteiger charge is 2.23. The second-order valence-electron chi connectivity index (χ2n) is 4.10. The van der Waals surface area contributed by atoms with Crippen molar-refractivity contribution in [3.63, 3.8) is 0 Å². The van der Waals surface area contributed by atoms with Crippen molar-refractivity contribution in [3.8, 4) is 10.4 Å². The number of anilines is 1. The minimum absolute atomic E-state index is 0.0381. The Kier molecular flexibility index (Phi) is 4.30. The summed E-state index contributed by atoms with van der Waals surface area (Å²) in [5.74, 6) is -1.03. The molecule has 0 aliphatic rings. The minimum atomic E-state index is -0.518. The van der Waals surface area contributed by atoms with E-state index in [0.717, 1.165) is 16.9 Å². The molecule has 3 nitrogen and oxygen atoms in total. The number of hydrogen-bond acceptors (Lipinski definition) is 4. The van der Waals surface area contributed by atoms with Crippen molar-refractivity contribution in [2.45, 2.75) is 13.3 Å². The third-order valence-corrected chi connectivity index (χ3v) is 4.52. The van der Waals surface area contributed by atoms with E-state index in [1.165, 1.54) is 13.2 Å². The standard InChI is InChI=1S/C14H13ClFNO2S/c1-3-7-11(17)13(14(18)19-2)20-12(7)8-5-4-6-9(15)10(8)16/h4-6H,3,17H2,1-2H3. The zero-order valence-electron chi connectivity index (χ0n) is 11.0. The molecule has 2 rings (SSSR count). The van der Waals surface area contributed by atoms with Gasteiger partial charge in [0.05, 0.1) is 17.8 Å². The van der Waals surface area contributed by atoms with Gasteiger partial charge >= 0.3 is 5.97 Å². The van der Waals surface area contributed by atoms with E-state index < -0.39 is 11.8 Å². The number of rotatable bonds is 3. The SMILES string of the molecule is CCc1c(-c2cccc(Cl)c2F)sc(C(=O)OC)c1N. The number of hydrogen-bond donors (Lipinski definition) is 1. The molecule has 1 aromatic heterocycles. The van der Waals surface area contributed by atoms with E-state index in [2.05, 4.69) is 0 Å². The van der Waals surface area contributed by atoms with Crippen molar-refractivity contribution in [2.75, 3.05) is 12.8 Å². The Bertz CT molecular complexity index is 669. The summed E-state index contributed by atoms with van der Waals surface area (Å²) < 4.78 is 18.8. The average Bonchev–Trinajstić information content (AvgIpc) is 2.77. The Morgan fingerprint density at radius 2 is 2.20 bits per heavy atom. The molecule has 20 heavy (non-hydrogen) atoms. The second-order valence-corrected chi connectivity index (χ2v) is 5.53. The zero-order chi connectivity index (χ0) is 14.9. The van der Waals surface area contributed by atoms with Crippen LogP contribution in [0.15, 0.2) is 18.2 Å². The number of nitrogen functional groups attached to an aromatic ring is 1. The molecular weight excluding hydrogens is 301 g/mol. The van der Waals surface area contributed by atoms with Gasteiger partial charge in [-0.25, -0.2) is 9.18 Å². The smallest absolute Gasteiger partial charge is 0.350 e. The van der Waals surface area contributed by atoms with Crippen LogP contribution in [-0.4, -0.2) is 13.1 Å². The first-order valence-corrected chi connectivity index (χ1v) is 7.14. The van der Waals surface area contributed by atoms with Crippen LogP contribution in [0, 0.1) is 5.82 Å². The molecule has 0 bridgehead atoms. The fourth-order valence-electron chi connectivity index (χ4n) is 1.97. The van der Waals surface area contributed by atoms with Gasteiger partial charge in [0, 0.05) is 10.4 Å². The highest BCUT2D eigenvalue weighted by Crippen LogP contribution is 2.41. The summed E-state index contributed by atoms with van der Waals surface area (Å²) in [4.78, 5) is 12.6. The van der Waals surface area contributed by atoms with Gasteiger partial charge in [0.15, 0.2) is 0 Å². The van der Waals surface area contributed by atoms with Gasteiger partial charge in [0.1, 0.15) is 10.7 Å². The Hall–Kier alpha value is -1.59. The van der Waals surface area contributed by atoms with E-state index in [4.69, 9.17) is 22.1 Å². The van der Waals surface area contributed by atoms with Crippen LogP contribution in [0.1, 0.15) is 22.2 Å². The summed E-state index contributed by atoms with van der Waals surface area (Å²) >= 11 is 6.92. The summed E-state index contributed by atoms with van der Waals surface area (Å²) in [6, 6.07) is 4.75. The minimum Gasteiger partial charge on any atom is -0.465 e. The molecule has 0 aliphatic carbocycles. The quantitative estimate of drug-likeness (QED) is 0.866. The van der Waals surface area contributed by atoms with Gasteiger partial charge < -0.3 is 10.5 Å². The number of halogens is 2. The predicted octanol–water partition coefficient (Wildman–Crippen LogP) is 4.14. The number of carbonyl (C=O) groups excluding carboxylic acids is 1. The van der Waals surface area contributed by atoms with E-state index in [1.807, 2.05) is 6.92 Å². The lowest BCUT2D eigenvalue weighted by Gasteiger charge is -2.05. The molecule has 0 atom stereocenters.